The van der Waals surface area contributed by atoms with Crippen LogP contribution in [0.2, 0.25) is 0 Å². The first-order valence-electron chi connectivity index (χ1n) is 20.9. The molecule has 2 unspecified atom stereocenters. The molecule has 0 rings (SSSR count). The van der Waals surface area contributed by atoms with E-state index in [-0.39, 0.29) is 32.6 Å². The molecule has 0 fully saturated rings. The summed E-state index contributed by atoms with van der Waals surface area (Å²) >= 11 is 0. The highest BCUT2D eigenvalue weighted by atomic mass is 31.2. The number of ether oxygens (including phenoxy) is 2. The lowest BCUT2D eigenvalue weighted by Crippen LogP contribution is -2.29. The van der Waals surface area contributed by atoms with Gasteiger partial charge >= 0.3 is 19.8 Å². The molecule has 4 N–H and O–H groups in total. The minimum Gasteiger partial charge on any atom is -0.462 e. The van der Waals surface area contributed by atoms with Gasteiger partial charge in [-0.25, -0.2) is 4.57 Å². The molecule has 0 aliphatic rings. The average molecular weight is 782 g/mol. The van der Waals surface area contributed by atoms with E-state index in [0.717, 1.165) is 38.5 Å². The van der Waals surface area contributed by atoms with Gasteiger partial charge in [-0.15, -0.1) is 0 Å². The molecule has 0 heterocycles. The maximum Gasteiger partial charge on any atom is 0.472 e. The summed E-state index contributed by atoms with van der Waals surface area (Å²) in [6, 6.07) is 0. The highest BCUT2D eigenvalue weighted by Gasteiger charge is 2.25. The Hall–Kier alpha value is -2.33. The minimum absolute atomic E-state index is 0.0357. The van der Waals surface area contributed by atoms with Crippen molar-refractivity contribution in [1.29, 1.82) is 0 Å². The summed E-state index contributed by atoms with van der Waals surface area (Å²) in [6.07, 6.45) is 41.7. The summed E-state index contributed by atoms with van der Waals surface area (Å²) in [7, 11) is -4.40. The Morgan fingerprint density at radius 1 is 0.667 bits per heavy atom. The van der Waals surface area contributed by atoms with Crippen LogP contribution in [-0.4, -0.2) is 60.5 Å². The molecule has 0 bridgehead atoms. The predicted molar refractivity (Wildman–Crippen MR) is 221 cm³/mol. The summed E-state index contributed by atoms with van der Waals surface area (Å²) in [5.41, 5.74) is 5.33. The molecule has 54 heavy (non-hydrogen) atoms. The van der Waals surface area contributed by atoms with E-state index < -0.39 is 38.6 Å². The van der Waals surface area contributed by atoms with Crippen molar-refractivity contribution in [3.8, 4) is 0 Å². The van der Waals surface area contributed by atoms with Gasteiger partial charge in [0.05, 0.1) is 19.3 Å². The van der Waals surface area contributed by atoms with E-state index in [4.69, 9.17) is 24.3 Å². The van der Waals surface area contributed by atoms with Gasteiger partial charge in [-0.2, -0.15) is 0 Å². The Bertz CT molecular complexity index is 1090. The van der Waals surface area contributed by atoms with Gasteiger partial charge in [-0.05, 0) is 44.9 Å². The highest BCUT2D eigenvalue weighted by Crippen LogP contribution is 2.43. The van der Waals surface area contributed by atoms with Gasteiger partial charge in [-0.1, -0.05) is 164 Å². The number of aliphatic hydroxyl groups is 1. The Kier molecular flexibility index (Phi) is 37.2. The van der Waals surface area contributed by atoms with Crippen molar-refractivity contribution in [2.24, 2.45) is 5.73 Å². The second-order valence-corrected chi connectivity index (χ2v) is 15.1. The first-order chi connectivity index (χ1) is 26.2. The zero-order chi connectivity index (χ0) is 39.8. The molecule has 11 heteroatoms. The van der Waals surface area contributed by atoms with E-state index >= 15 is 0 Å². The van der Waals surface area contributed by atoms with Crippen molar-refractivity contribution >= 4 is 19.8 Å². The Morgan fingerprint density at radius 2 is 1.22 bits per heavy atom. The van der Waals surface area contributed by atoms with Gasteiger partial charge in [0, 0.05) is 19.4 Å². The molecule has 0 aliphatic heterocycles. The van der Waals surface area contributed by atoms with Crippen molar-refractivity contribution in [2.75, 3.05) is 26.4 Å². The Labute approximate surface area is 328 Å². The van der Waals surface area contributed by atoms with Crippen LogP contribution in [0.3, 0.4) is 0 Å². The number of phosphoric acid groups is 1. The van der Waals surface area contributed by atoms with E-state index in [0.29, 0.717) is 19.3 Å². The van der Waals surface area contributed by atoms with Crippen molar-refractivity contribution in [3.63, 3.8) is 0 Å². The molecule has 0 saturated carbocycles. The molecule has 0 aliphatic carbocycles. The second-order valence-electron chi connectivity index (χ2n) is 13.7. The second kappa shape index (κ2) is 38.9. The number of allylic oxidation sites excluding steroid dienone is 8. The number of hydrogen-bond acceptors (Lipinski definition) is 9. The zero-order valence-electron chi connectivity index (χ0n) is 33.8. The highest BCUT2D eigenvalue weighted by molar-refractivity contribution is 7.47. The molecule has 0 spiro atoms. The van der Waals surface area contributed by atoms with E-state index in [2.05, 4.69) is 19.1 Å². The molecule has 0 aromatic rings. The number of phosphoric ester groups is 1. The fourth-order valence-electron chi connectivity index (χ4n) is 5.40. The third-order valence-electron chi connectivity index (χ3n) is 8.49. The standard InChI is InChI=1S/C43H76NO9P/c1-3-5-7-8-9-10-11-12-13-14-18-21-24-27-30-34-42(46)50-38-41(39-52-54(48,49)51-37-36-44)53-43(47)35-31-28-25-22-19-16-15-17-20-23-26-29-33-40(45)32-6-4-2/h6,15-16,20,22-23,25-26,29,32,40-41,45H,3-5,7-14,17-19,21,24,27-28,30-31,33-39,44H2,1-2H3,(H,48,49)/b16-15-,23-20-,25-22-,29-26+,32-6-/t40?,41-/m1/s1. The first-order valence-corrected chi connectivity index (χ1v) is 22.4. The fourth-order valence-corrected chi connectivity index (χ4v) is 6.16. The smallest absolute Gasteiger partial charge is 0.462 e. The van der Waals surface area contributed by atoms with Crippen molar-refractivity contribution in [3.05, 3.63) is 60.8 Å². The number of hydrogen-bond donors (Lipinski definition) is 3. The van der Waals surface area contributed by atoms with Crippen LogP contribution >= 0.6 is 7.82 Å². The number of unbranched alkanes of at least 4 members (excludes halogenated alkanes) is 15. The third-order valence-corrected chi connectivity index (χ3v) is 9.48. The SMILES string of the molecule is CC/C=C\C(O)C/C=C/C=C\C/C=C\C/C=C\CCCC(=O)O[C@H](COC(=O)CCCCCCCCCCCCCCCCC)COP(=O)(O)OCCN. The zero-order valence-corrected chi connectivity index (χ0v) is 34.7. The van der Waals surface area contributed by atoms with Crippen molar-refractivity contribution in [2.45, 2.75) is 174 Å². The summed E-state index contributed by atoms with van der Waals surface area (Å²) in [6.45, 7) is 3.41. The number of carbonyl (C=O) groups is 2. The van der Waals surface area contributed by atoms with Crippen LogP contribution in [0.15, 0.2) is 60.8 Å². The maximum atomic E-state index is 12.5. The molecule has 312 valence electrons. The molecule has 0 aromatic heterocycles. The van der Waals surface area contributed by atoms with Crippen LogP contribution < -0.4 is 5.73 Å². The van der Waals surface area contributed by atoms with Crippen LogP contribution in [0.5, 0.6) is 0 Å². The molecule has 0 radical (unpaired) electrons. The van der Waals surface area contributed by atoms with Crippen LogP contribution in [0, 0.1) is 0 Å². The topological polar surface area (TPSA) is 155 Å². The fraction of sp³-hybridized carbons (Fsp3) is 0.721. The number of rotatable bonds is 38. The van der Waals surface area contributed by atoms with Gasteiger partial charge in [-0.3, -0.25) is 18.6 Å². The van der Waals surface area contributed by atoms with Gasteiger partial charge in [0.1, 0.15) is 6.61 Å². The van der Waals surface area contributed by atoms with Crippen molar-refractivity contribution in [1.82, 2.24) is 0 Å². The van der Waals surface area contributed by atoms with E-state index in [1.807, 2.05) is 55.5 Å². The molecular formula is C43H76NO9P. The average Bonchev–Trinajstić information content (AvgIpc) is 3.15. The summed E-state index contributed by atoms with van der Waals surface area (Å²) in [5.74, 6) is -0.921. The third kappa shape index (κ3) is 38.0. The molecule has 10 nitrogen and oxygen atoms in total. The molecule has 0 aromatic carbocycles. The van der Waals surface area contributed by atoms with Gasteiger partial charge < -0.3 is 25.2 Å². The van der Waals surface area contributed by atoms with Crippen molar-refractivity contribution < 1.29 is 42.7 Å². The van der Waals surface area contributed by atoms with Crippen LogP contribution in [0.1, 0.15) is 162 Å². The quantitative estimate of drug-likeness (QED) is 0.0181. The number of aliphatic hydroxyl groups excluding tert-OH is 1. The molecular weight excluding hydrogens is 705 g/mol. The first kappa shape index (κ1) is 51.7. The maximum absolute atomic E-state index is 12.5. The van der Waals surface area contributed by atoms with E-state index in [9.17, 15) is 24.2 Å². The van der Waals surface area contributed by atoms with Gasteiger partial charge in [0.25, 0.3) is 0 Å². The van der Waals surface area contributed by atoms with Gasteiger partial charge in [0.2, 0.25) is 0 Å². The Balaban J connectivity index is 4.31. The van der Waals surface area contributed by atoms with Crippen LogP contribution in [-0.2, 0) is 32.7 Å². The number of nitrogens with two attached hydrogens (primary N) is 1. The lowest BCUT2D eigenvalue weighted by Gasteiger charge is -2.19. The summed E-state index contributed by atoms with van der Waals surface area (Å²) < 4.78 is 32.6. The number of esters is 2. The molecule has 0 saturated heterocycles. The lowest BCUT2D eigenvalue weighted by molar-refractivity contribution is -0.161. The van der Waals surface area contributed by atoms with Crippen LogP contribution in [0.4, 0.5) is 0 Å². The molecule has 0 amide bonds. The summed E-state index contributed by atoms with van der Waals surface area (Å²) in [4.78, 5) is 34.8. The lowest BCUT2D eigenvalue weighted by atomic mass is 10.0. The Morgan fingerprint density at radius 3 is 1.83 bits per heavy atom. The minimum atomic E-state index is -4.40. The summed E-state index contributed by atoms with van der Waals surface area (Å²) in [5, 5.41) is 9.75. The predicted octanol–water partition coefficient (Wildman–Crippen LogP) is 10.7. The van der Waals surface area contributed by atoms with Crippen LogP contribution in [0.25, 0.3) is 0 Å². The normalized spacial score (nSPS) is 14.5. The van der Waals surface area contributed by atoms with E-state index in [1.54, 1.807) is 0 Å². The molecule has 3 atom stereocenters. The number of carbonyl (C=O) groups excluding carboxylic acids is 2. The van der Waals surface area contributed by atoms with Gasteiger partial charge in [0.15, 0.2) is 6.10 Å². The largest absolute Gasteiger partial charge is 0.472 e. The van der Waals surface area contributed by atoms with E-state index in [1.165, 1.54) is 77.0 Å². The monoisotopic (exact) mass is 782 g/mol.